The van der Waals surface area contributed by atoms with Crippen LogP contribution in [0.4, 0.5) is 5.69 Å². The number of nitrogens with two attached hydrogens (primary N) is 1. The highest BCUT2D eigenvalue weighted by Gasteiger charge is 2.20. The number of anilines is 1. The van der Waals surface area contributed by atoms with Gasteiger partial charge in [0.2, 0.25) is 0 Å². The number of hydrogen-bond donors (Lipinski definition) is 1. The molecule has 3 heteroatoms. The van der Waals surface area contributed by atoms with E-state index < -0.39 is 0 Å². The third-order valence-corrected chi connectivity index (χ3v) is 5.46. The van der Waals surface area contributed by atoms with Crippen LogP contribution in [0.5, 0.6) is 0 Å². The molecule has 1 saturated heterocycles. The fourth-order valence-electron chi connectivity index (χ4n) is 3.25. The van der Waals surface area contributed by atoms with Crippen LogP contribution in [0.2, 0.25) is 0 Å². The molecule has 1 fully saturated rings. The van der Waals surface area contributed by atoms with E-state index in [0.29, 0.717) is 6.04 Å². The van der Waals surface area contributed by atoms with Crippen LogP contribution in [0.25, 0.3) is 0 Å². The van der Waals surface area contributed by atoms with Crippen LogP contribution in [-0.4, -0.2) is 18.6 Å². The Balaban J connectivity index is 2.17. The van der Waals surface area contributed by atoms with Gasteiger partial charge in [0, 0.05) is 28.8 Å². The number of benzene rings is 1. The van der Waals surface area contributed by atoms with E-state index in [9.17, 15) is 0 Å². The summed E-state index contributed by atoms with van der Waals surface area (Å²) in [7, 11) is 0. The number of hydrogen-bond acceptors (Lipinski definition) is 2. The average Bonchev–Trinajstić information content (AvgIpc) is 2.74. The van der Waals surface area contributed by atoms with Crippen molar-refractivity contribution in [3.05, 3.63) is 28.2 Å². The highest BCUT2D eigenvalue weighted by molar-refractivity contribution is 9.10. The third-order valence-electron chi connectivity index (χ3n) is 4.72. The van der Waals surface area contributed by atoms with E-state index in [1.807, 2.05) is 0 Å². The van der Waals surface area contributed by atoms with Crippen molar-refractivity contribution in [3.63, 3.8) is 0 Å². The van der Waals surface area contributed by atoms with Gasteiger partial charge in [-0.05, 0) is 49.8 Å². The number of nitrogens with zero attached hydrogens (tertiary/aromatic N) is 1. The predicted molar refractivity (Wildman–Crippen MR) is 96.0 cm³/mol. The molecule has 2 nitrogen and oxygen atoms in total. The summed E-state index contributed by atoms with van der Waals surface area (Å²) in [6.45, 7) is 5.65. The van der Waals surface area contributed by atoms with Crippen molar-refractivity contribution in [2.75, 3.05) is 11.4 Å². The van der Waals surface area contributed by atoms with Crippen LogP contribution in [0.1, 0.15) is 57.9 Å². The Hall–Kier alpha value is -0.540. The highest BCUT2D eigenvalue weighted by Crippen LogP contribution is 2.30. The van der Waals surface area contributed by atoms with E-state index >= 15 is 0 Å². The number of rotatable bonds is 5. The molecule has 0 amide bonds. The van der Waals surface area contributed by atoms with Crippen LogP contribution in [0.15, 0.2) is 22.7 Å². The molecular formula is C18H29BrN2. The summed E-state index contributed by atoms with van der Waals surface area (Å²) in [6, 6.07) is 7.80. The highest BCUT2D eigenvalue weighted by atomic mass is 79.9. The molecule has 0 spiro atoms. The Labute approximate surface area is 138 Å². The van der Waals surface area contributed by atoms with Gasteiger partial charge in [-0.15, -0.1) is 0 Å². The fraction of sp³-hybridized carbons (Fsp3) is 0.667. The van der Waals surface area contributed by atoms with Gasteiger partial charge in [-0.1, -0.05) is 48.7 Å². The first-order valence-electron chi connectivity index (χ1n) is 8.46. The summed E-state index contributed by atoms with van der Waals surface area (Å²) in [5.41, 5.74) is 8.78. The molecule has 1 aromatic carbocycles. The van der Waals surface area contributed by atoms with Gasteiger partial charge in [-0.2, -0.15) is 0 Å². The molecule has 0 aliphatic carbocycles. The Bertz CT molecular complexity index is 447. The lowest BCUT2D eigenvalue weighted by molar-refractivity contribution is 0.556. The summed E-state index contributed by atoms with van der Waals surface area (Å²) in [5.74, 6) is 0. The summed E-state index contributed by atoms with van der Waals surface area (Å²) >= 11 is 3.75. The maximum absolute atomic E-state index is 6.09. The minimum atomic E-state index is 0.258. The van der Waals surface area contributed by atoms with Crippen molar-refractivity contribution in [1.82, 2.24) is 0 Å². The number of halogens is 1. The molecule has 0 saturated carbocycles. The molecule has 0 radical (unpaired) electrons. The van der Waals surface area contributed by atoms with Gasteiger partial charge in [0.1, 0.15) is 0 Å². The molecular weight excluding hydrogens is 324 g/mol. The van der Waals surface area contributed by atoms with Crippen molar-refractivity contribution >= 4 is 21.6 Å². The molecule has 0 bridgehead atoms. The van der Waals surface area contributed by atoms with E-state index in [2.05, 4.69) is 52.9 Å². The average molecular weight is 353 g/mol. The van der Waals surface area contributed by atoms with Gasteiger partial charge in [-0.25, -0.2) is 0 Å². The Morgan fingerprint density at radius 3 is 2.76 bits per heavy atom. The van der Waals surface area contributed by atoms with E-state index in [4.69, 9.17) is 5.73 Å². The normalized spacial score (nSPS) is 21.1. The fourth-order valence-corrected chi connectivity index (χ4v) is 3.78. The zero-order valence-electron chi connectivity index (χ0n) is 13.4. The largest absolute Gasteiger partial charge is 0.369 e. The summed E-state index contributed by atoms with van der Waals surface area (Å²) < 4.78 is 1.21. The van der Waals surface area contributed by atoms with Gasteiger partial charge in [0.25, 0.3) is 0 Å². The first-order valence-corrected chi connectivity index (χ1v) is 9.25. The molecule has 2 N–H and O–H groups in total. The van der Waals surface area contributed by atoms with Crippen molar-refractivity contribution < 1.29 is 0 Å². The minimum absolute atomic E-state index is 0.258. The zero-order valence-corrected chi connectivity index (χ0v) is 15.0. The third kappa shape index (κ3) is 4.46. The quantitative estimate of drug-likeness (QED) is 0.817. The van der Waals surface area contributed by atoms with Crippen LogP contribution < -0.4 is 10.6 Å². The van der Waals surface area contributed by atoms with Crippen molar-refractivity contribution in [2.24, 2.45) is 5.73 Å². The lowest BCUT2D eigenvalue weighted by atomic mass is 10.0. The minimum Gasteiger partial charge on any atom is -0.369 e. The molecule has 1 aliphatic rings. The second-order valence-corrected chi connectivity index (χ2v) is 7.11. The first-order chi connectivity index (χ1) is 10.2. The van der Waals surface area contributed by atoms with Gasteiger partial charge >= 0.3 is 0 Å². The Morgan fingerprint density at radius 1 is 1.29 bits per heavy atom. The second kappa shape index (κ2) is 8.19. The van der Waals surface area contributed by atoms with Crippen molar-refractivity contribution in [2.45, 2.75) is 70.9 Å². The summed E-state index contributed by atoms with van der Waals surface area (Å²) in [6.07, 6.45) is 8.61. The van der Waals surface area contributed by atoms with Crippen molar-refractivity contribution in [3.8, 4) is 0 Å². The van der Waals surface area contributed by atoms with Gasteiger partial charge in [-0.3, -0.25) is 0 Å². The van der Waals surface area contributed by atoms with E-state index in [1.54, 1.807) is 0 Å². The van der Waals surface area contributed by atoms with E-state index in [0.717, 1.165) is 12.8 Å². The van der Waals surface area contributed by atoms with Gasteiger partial charge in [0.15, 0.2) is 0 Å². The van der Waals surface area contributed by atoms with E-state index in [1.165, 1.54) is 54.4 Å². The molecule has 0 aromatic heterocycles. The molecule has 2 rings (SSSR count). The molecule has 21 heavy (non-hydrogen) atoms. The topological polar surface area (TPSA) is 29.3 Å². The molecule has 1 aliphatic heterocycles. The monoisotopic (exact) mass is 352 g/mol. The maximum Gasteiger partial charge on any atom is 0.0380 e. The van der Waals surface area contributed by atoms with Crippen LogP contribution >= 0.6 is 15.9 Å². The molecule has 118 valence electrons. The van der Waals surface area contributed by atoms with Gasteiger partial charge in [0.05, 0.1) is 0 Å². The van der Waals surface area contributed by atoms with Gasteiger partial charge < -0.3 is 10.6 Å². The Kier molecular flexibility index (Phi) is 6.56. The molecule has 1 aromatic rings. The van der Waals surface area contributed by atoms with Crippen molar-refractivity contribution in [1.29, 1.82) is 0 Å². The summed E-state index contributed by atoms with van der Waals surface area (Å²) in [5, 5.41) is 0. The van der Waals surface area contributed by atoms with Crippen LogP contribution in [0.3, 0.4) is 0 Å². The lowest BCUT2D eigenvalue weighted by Gasteiger charge is -2.32. The van der Waals surface area contributed by atoms with Crippen LogP contribution in [0, 0.1) is 0 Å². The second-order valence-electron chi connectivity index (χ2n) is 6.25. The first kappa shape index (κ1) is 16.8. The predicted octanol–water partition coefficient (Wildman–Crippen LogP) is 4.89. The zero-order chi connectivity index (χ0) is 15.2. The smallest absolute Gasteiger partial charge is 0.0380 e. The lowest BCUT2D eigenvalue weighted by Crippen LogP contribution is -2.34. The standard InChI is InChI=1S/C18H29BrN2/c1-3-15(20)12-14-9-10-17(13-18(14)19)21-11-7-5-6-8-16(21)4-2/h9-10,13,15-16H,3-8,11-12,20H2,1-2H3. The molecule has 2 unspecified atom stereocenters. The summed E-state index contributed by atoms with van der Waals surface area (Å²) in [4.78, 5) is 2.61. The van der Waals surface area contributed by atoms with E-state index in [-0.39, 0.29) is 6.04 Å². The molecule has 1 heterocycles. The molecule has 2 atom stereocenters. The SMILES string of the molecule is CCC(N)Cc1ccc(N2CCCCCC2CC)cc1Br. The Morgan fingerprint density at radius 2 is 2.10 bits per heavy atom. The maximum atomic E-state index is 6.09. The van der Waals surface area contributed by atoms with Crippen LogP contribution in [-0.2, 0) is 6.42 Å².